The predicted molar refractivity (Wildman–Crippen MR) is 87.1 cm³/mol. The first kappa shape index (κ1) is 15.1. The third kappa shape index (κ3) is 2.13. The van der Waals surface area contributed by atoms with Crippen molar-refractivity contribution >= 4 is 11.6 Å². The van der Waals surface area contributed by atoms with Crippen molar-refractivity contribution in [2.75, 3.05) is 7.11 Å². The SMILES string of the molecule is COc1cccc(C(=O)N/N=C2/C[C@H]3CC[C@@]2(C)C3(C)C)c1. The number of amides is 1. The van der Waals surface area contributed by atoms with Gasteiger partial charge in [0.2, 0.25) is 0 Å². The molecule has 2 aliphatic carbocycles. The van der Waals surface area contributed by atoms with E-state index >= 15 is 0 Å². The second-order valence-corrected chi connectivity index (χ2v) is 7.22. The van der Waals surface area contributed by atoms with E-state index in [-0.39, 0.29) is 16.7 Å². The summed E-state index contributed by atoms with van der Waals surface area (Å²) in [6, 6.07) is 7.12. The second-order valence-electron chi connectivity index (χ2n) is 7.22. The molecule has 0 aromatic heterocycles. The number of carbonyl (C=O) groups excluding carboxylic acids is 1. The van der Waals surface area contributed by atoms with E-state index in [2.05, 4.69) is 31.3 Å². The molecule has 1 N–H and O–H groups in total. The standard InChI is InChI=1S/C18H24N2O2/c1-17(2)13-8-9-18(17,3)15(11-13)19-20-16(21)12-6-5-7-14(10-12)22-4/h5-7,10,13H,8-9,11H2,1-4H3,(H,20,21)/b19-15-/t13-,18-/m1/s1. The first-order valence-electron chi connectivity index (χ1n) is 7.90. The Morgan fingerprint density at radius 3 is 2.73 bits per heavy atom. The minimum absolute atomic E-state index is 0.110. The number of ether oxygens (including phenoxy) is 1. The van der Waals surface area contributed by atoms with Crippen LogP contribution in [0.15, 0.2) is 29.4 Å². The summed E-state index contributed by atoms with van der Waals surface area (Å²) in [5.74, 6) is 1.17. The van der Waals surface area contributed by atoms with Crippen molar-refractivity contribution in [3.63, 3.8) is 0 Å². The molecule has 4 nitrogen and oxygen atoms in total. The molecule has 2 aliphatic rings. The van der Waals surface area contributed by atoms with E-state index in [1.807, 2.05) is 12.1 Å². The summed E-state index contributed by atoms with van der Waals surface area (Å²) in [6.07, 6.45) is 3.44. The molecule has 0 spiro atoms. The van der Waals surface area contributed by atoms with Crippen molar-refractivity contribution in [1.29, 1.82) is 0 Å². The fourth-order valence-corrected chi connectivity index (χ4v) is 4.04. The number of carbonyl (C=O) groups is 1. The van der Waals surface area contributed by atoms with Gasteiger partial charge < -0.3 is 4.74 Å². The maximum absolute atomic E-state index is 12.3. The Morgan fingerprint density at radius 2 is 2.14 bits per heavy atom. The number of hydrazone groups is 1. The van der Waals surface area contributed by atoms with E-state index in [1.54, 1.807) is 19.2 Å². The molecule has 3 rings (SSSR count). The van der Waals surface area contributed by atoms with Crippen LogP contribution >= 0.6 is 0 Å². The first-order chi connectivity index (χ1) is 10.4. The Labute approximate surface area is 131 Å². The lowest BCUT2D eigenvalue weighted by Crippen LogP contribution is -2.34. The van der Waals surface area contributed by atoms with Crippen molar-refractivity contribution in [3.05, 3.63) is 29.8 Å². The van der Waals surface area contributed by atoms with Crippen LogP contribution in [0.2, 0.25) is 0 Å². The third-order valence-corrected chi connectivity index (χ3v) is 6.14. The number of benzene rings is 1. The largest absolute Gasteiger partial charge is 0.497 e. The van der Waals surface area contributed by atoms with Crippen molar-refractivity contribution < 1.29 is 9.53 Å². The summed E-state index contributed by atoms with van der Waals surface area (Å²) >= 11 is 0. The van der Waals surface area contributed by atoms with Gasteiger partial charge in [-0.05, 0) is 48.8 Å². The maximum Gasteiger partial charge on any atom is 0.271 e. The molecule has 2 atom stereocenters. The highest BCUT2D eigenvalue weighted by molar-refractivity contribution is 5.98. The zero-order valence-corrected chi connectivity index (χ0v) is 13.8. The van der Waals surface area contributed by atoms with Gasteiger partial charge in [-0.3, -0.25) is 4.79 Å². The van der Waals surface area contributed by atoms with Gasteiger partial charge in [-0.2, -0.15) is 5.10 Å². The zero-order chi connectivity index (χ0) is 16.0. The van der Waals surface area contributed by atoms with Crippen LogP contribution in [-0.2, 0) is 0 Å². The minimum atomic E-state index is -0.185. The lowest BCUT2D eigenvalue weighted by molar-refractivity contribution is 0.0953. The molecule has 1 aromatic carbocycles. The van der Waals surface area contributed by atoms with Crippen LogP contribution < -0.4 is 10.2 Å². The Balaban J connectivity index is 1.76. The lowest BCUT2D eigenvalue weighted by atomic mass is 9.70. The molecule has 118 valence electrons. The van der Waals surface area contributed by atoms with Gasteiger partial charge in [-0.15, -0.1) is 0 Å². The number of nitrogens with zero attached hydrogens (tertiary/aromatic N) is 1. The topological polar surface area (TPSA) is 50.7 Å². The molecule has 0 unspecified atom stereocenters. The summed E-state index contributed by atoms with van der Waals surface area (Å²) in [6.45, 7) is 6.95. The van der Waals surface area contributed by atoms with Gasteiger partial charge in [0.15, 0.2) is 0 Å². The van der Waals surface area contributed by atoms with E-state index in [4.69, 9.17) is 4.74 Å². The highest BCUT2D eigenvalue weighted by Crippen LogP contribution is 2.63. The maximum atomic E-state index is 12.3. The van der Waals surface area contributed by atoms with Gasteiger partial charge in [-0.25, -0.2) is 5.43 Å². The summed E-state index contributed by atoms with van der Waals surface area (Å²) in [4.78, 5) is 12.3. The normalized spacial score (nSPS) is 30.5. The van der Waals surface area contributed by atoms with Crippen LogP contribution in [0.3, 0.4) is 0 Å². The lowest BCUT2D eigenvalue weighted by Gasteiger charge is -2.34. The predicted octanol–water partition coefficient (Wildman–Crippen LogP) is 3.63. The Hall–Kier alpha value is -1.84. The van der Waals surface area contributed by atoms with Crippen LogP contribution in [0, 0.1) is 16.7 Å². The number of rotatable bonds is 3. The van der Waals surface area contributed by atoms with Crippen LogP contribution in [0.1, 0.15) is 50.4 Å². The monoisotopic (exact) mass is 300 g/mol. The number of fused-ring (bicyclic) bond motifs is 2. The molecule has 1 amide bonds. The first-order valence-corrected chi connectivity index (χ1v) is 7.90. The summed E-state index contributed by atoms with van der Waals surface area (Å²) in [5, 5.41) is 4.48. The fraction of sp³-hybridized carbons (Fsp3) is 0.556. The van der Waals surface area contributed by atoms with Crippen LogP contribution in [0.5, 0.6) is 5.75 Å². The van der Waals surface area contributed by atoms with Gasteiger partial charge >= 0.3 is 0 Å². The molecule has 2 saturated carbocycles. The van der Waals surface area contributed by atoms with Gasteiger partial charge in [0.05, 0.1) is 7.11 Å². The molecule has 0 radical (unpaired) electrons. The Kier molecular flexibility index (Phi) is 3.50. The van der Waals surface area contributed by atoms with E-state index in [1.165, 1.54) is 12.8 Å². The number of hydrogen-bond acceptors (Lipinski definition) is 3. The third-order valence-electron chi connectivity index (χ3n) is 6.14. The highest BCUT2D eigenvalue weighted by Gasteiger charge is 2.59. The van der Waals surface area contributed by atoms with E-state index in [0.29, 0.717) is 17.2 Å². The van der Waals surface area contributed by atoms with Crippen molar-refractivity contribution in [2.24, 2.45) is 21.8 Å². The molecular formula is C18H24N2O2. The molecule has 4 heteroatoms. The Morgan fingerprint density at radius 1 is 1.36 bits per heavy atom. The molecule has 0 saturated heterocycles. The summed E-state index contributed by atoms with van der Waals surface area (Å²) < 4.78 is 5.15. The number of methoxy groups -OCH3 is 1. The molecule has 1 aromatic rings. The van der Waals surface area contributed by atoms with E-state index < -0.39 is 0 Å². The Bertz CT molecular complexity index is 636. The van der Waals surface area contributed by atoms with Crippen molar-refractivity contribution in [1.82, 2.24) is 5.43 Å². The molecule has 0 aliphatic heterocycles. The van der Waals surface area contributed by atoms with E-state index in [0.717, 1.165) is 12.1 Å². The van der Waals surface area contributed by atoms with Gasteiger partial charge in [0.1, 0.15) is 5.75 Å². The smallest absolute Gasteiger partial charge is 0.271 e. The molecule has 2 bridgehead atoms. The quantitative estimate of drug-likeness (QED) is 0.867. The molecule has 22 heavy (non-hydrogen) atoms. The molecular weight excluding hydrogens is 276 g/mol. The minimum Gasteiger partial charge on any atom is -0.497 e. The zero-order valence-electron chi connectivity index (χ0n) is 13.8. The highest BCUT2D eigenvalue weighted by atomic mass is 16.5. The summed E-state index contributed by atoms with van der Waals surface area (Å²) in [5.41, 5.74) is 4.82. The van der Waals surface area contributed by atoms with Crippen molar-refractivity contribution in [2.45, 2.75) is 40.0 Å². The molecule has 0 heterocycles. The van der Waals surface area contributed by atoms with Gasteiger partial charge in [0, 0.05) is 16.7 Å². The van der Waals surface area contributed by atoms with Crippen LogP contribution in [0.4, 0.5) is 0 Å². The summed E-state index contributed by atoms with van der Waals surface area (Å²) in [7, 11) is 1.59. The number of hydrogen-bond donors (Lipinski definition) is 1. The van der Waals surface area contributed by atoms with Crippen molar-refractivity contribution in [3.8, 4) is 5.75 Å². The second kappa shape index (κ2) is 5.11. The van der Waals surface area contributed by atoms with Gasteiger partial charge in [0.25, 0.3) is 5.91 Å². The van der Waals surface area contributed by atoms with Crippen LogP contribution in [-0.4, -0.2) is 18.7 Å². The molecule has 2 fully saturated rings. The average Bonchev–Trinajstić information content (AvgIpc) is 2.85. The van der Waals surface area contributed by atoms with Gasteiger partial charge in [-0.1, -0.05) is 26.8 Å². The van der Waals surface area contributed by atoms with Crippen LogP contribution in [0.25, 0.3) is 0 Å². The van der Waals surface area contributed by atoms with E-state index in [9.17, 15) is 4.79 Å². The average molecular weight is 300 g/mol. The fourth-order valence-electron chi connectivity index (χ4n) is 4.04. The number of nitrogens with one attached hydrogen (secondary N) is 1.